The lowest BCUT2D eigenvalue weighted by Crippen LogP contribution is -2.14. The molecule has 0 radical (unpaired) electrons. The molecule has 37 heavy (non-hydrogen) atoms. The summed E-state index contributed by atoms with van der Waals surface area (Å²) in [6.07, 6.45) is 5.99. The molecule has 4 N–H and O–H groups in total. The number of benzene rings is 2. The van der Waals surface area contributed by atoms with Crippen molar-refractivity contribution in [1.82, 2.24) is 30.6 Å². The van der Waals surface area contributed by atoms with Crippen LogP contribution in [0, 0.1) is 0 Å². The van der Waals surface area contributed by atoms with Gasteiger partial charge in [-0.3, -0.25) is 0 Å². The maximum absolute atomic E-state index is 12.6. The van der Waals surface area contributed by atoms with E-state index in [9.17, 15) is 4.79 Å². The summed E-state index contributed by atoms with van der Waals surface area (Å²) in [5, 5.41) is 6.66. The number of H-pyrrole nitrogens is 2. The smallest absolute Gasteiger partial charge is 0.357 e. The van der Waals surface area contributed by atoms with E-state index in [4.69, 9.17) is 9.72 Å². The molecule has 8 nitrogen and oxygen atoms in total. The molecule has 0 bridgehead atoms. The van der Waals surface area contributed by atoms with Crippen LogP contribution < -0.4 is 10.6 Å². The molecule has 2 aromatic heterocycles. The van der Waals surface area contributed by atoms with Gasteiger partial charge in [0.1, 0.15) is 11.5 Å². The first-order chi connectivity index (χ1) is 18.2. The Kier molecular flexibility index (Phi) is 7.46. The highest BCUT2D eigenvalue weighted by Gasteiger charge is 2.22. The highest BCUT2D eigenvalue weighted by atomic mass is 16.5. The molecule has 0 fully saturated rings. The number of hydrogen-bond acceptors (Lipinski definition) is 6. The van der Waals surface area contributed by atoms with Crippen molar-refractivity contribution in [2.45, 2.75) is 33.2 Å². The van der Waals surface area contributed by atoms with Crippen LogP contribution in [0.15, 0.2) is 60.8 Å². The lowest BCUT2D eigenvalue weighted by atomic mass is 10.0. The molecule has 0 saturated heterocycles. The minimum absolute atomic E-state index is 0.304. The lowest BCUT2D eigenvalue weighted by molar-refractivity contribution is 0.0521. The molecule has 2 aromatic carbocycles. The molecule has 0 amide bonds. The predicted molar refractivity (Wildman–Crippen MR) is 146 cm³/mol. The molecular weight excluding hydrogens is 464 g/mol. The van der Waals surface area contributed by atoms with E-state index >= 15 is 0 Å². The van der Waals surface area contributed by atoms with Crippen molar-refractivity contribution in [2.75, 3.05) is 19.7 Å². The zero-order valence-electron chi connectivity index (χ0n) is 21.2. The highest BCUT2D eigenvalue weighted by Crippen LogP contribution is 2.29. The largest absolute Gasteiger partial charge is 0.461 e. The van der Waals surface area contributed by atoms with Crippen LogP contribution in [-0.4, -0.2) is 45.6 Å². The SMILES string of the molecule is CCCNCc1ncc(-c2ccc(-c3ccc(-c4nc(C5=CCCN5)[nH]c4C(=O)OCC)cc3)cc2)[nH]1. The molecule has 5 rings (SSSR count). The summed E-state index contributed by atoms with van der Waals surface area (Å²) in [5.74, 6) is 1.18. The topological polar surface area (TPSA) is 108 Å². The second-order valence-corrected chi connectivity index (χ2v) is 8.94. The van der Waals surface area contributed by atoms with Gasteiger partial charge in [-0.05, 0) is 43.0 Å². The summed E-state index contributed by atoms with van der Waals surface area (Å²) in [5.41, 5.74) is 7.00. The standard InChI is InChI=1S/C29H32N6O2/c1-3-15-30-18-25-32-17-24(33-25)21-11-7-19(8-12-21)20-9-13-22(14-10-20)26-27(29(36)37-4-2)35-28(34-26)23-6-5-16-31-23/h6-14,17,30-31H,3-5,15-16,18H2,1-2H3,(H,32,33)(H,34,35). The van der Waals surface area contributed by atoms with Gasteiger partial charge in [-0.2, -0.15) is 0 Å². The van der Waals surface area contributed by atoms with Crippen LogP contribution in [0.4, 0.5) is 0 Å². The summed E-state index contributed by atoms with van der Waals surface area (Å²) in [4.78, 5) is 28.4. The number of imidazole rings is 2. The van der Waals surface area contributed by atoms with Gasteiger partial charge >= 0.3 is 5.97 Å². The Bertz CT molecular complexity index is 1380. The van der Waals surface area contributed by atoms with E-state index in [1.54, 1.807) is 6.92 Å². The molecule has 190 valence electrons. The number of aromatic nitrogens is 4. The molecule has 8 heteroatoms. The molecular formula is C29H32N6O2. The van der Waals surface area contributed by atoms with Gasteiger partial charge in [-0.1, -0.05) is 61.5 Å². The van der Waals surface area contributed by atoms with Crippen molar-refractivity contribution in [3.63, 3.8) is 0 Å². The van der Waals surface area contributed by atoms with Gasteiger partial charge in [0, 0.05) is 12.1 Å². The Morgan fingerprint density at radius 3 is 2.32 bits per heavy atom. The van der Waals surface area contributed by atoms with Gasteiger partial charge in [0.2, 0.25) is 0 Å². The number of esters is 1. The summed E-state index contributed by atoms with van der Waals surface area (Å²) in [6.45, 7) is 6.83. The van der Waals surface area contributed by atoms with Gasteiger partial charge in [0.25, 0.3) is 0 Å². The normalized spacial score (nSPS) is 12.9. The molecule has 3 heterocycles. The molecule has 0 atom stereocenters. The van der Waals surface area contributed by atoms with E-state index in [1.807, 2.05) is 18.3 Å². The van der Waals surface area contributed by atoms with Crippen LogP contribution in [0.5, 0.6) is 0 Å². The van der Waals surface area contributed by atoms with Crippen molar-refractivity contribution in [1.29, 1.82) is 0 Å². The molecule has 0 unspecified atom stereocenters. The van der Waals surface area contributed by atoms with E-state index in [2.05, 4.69) is 75.0 Å². The first kappa shape index (κ1) is 24.5. The van der Waals surface area contributed by atoms with Crippen LogP contribution in [0.25, 0.3) is 39.3 Å². The summed E-state index contributed by atoms with van der Waals surface area (Å²) in [7, 11) is 0. The number of hydrogen-bond donors (Lipinski definition) is 4. The predicted octanol–water partition coefficient (Wildman–Crippen LogP) is 5.14. The number of nitrogens with zero attached hydrogens (tertiary/aromatic N) is 2. The van der Waals surface area contributed by atoms with Crippen LogP contribution >= 0.6 is 0 Å². The molecule has 4 aromatic rings. The van der Waals surface area contributed by atoms with Gasteiger partial charge in [-0.15, -0.1) is 0 Å². The number of nitrogens with one attached hydrogen (secondary N) is 4. The first-order valence-corrected chi connectivity index (χ1v) is 12.8. The quantitative estimate of drug-likeness (QED) is 0.179. The van der Waals surface area contributed by atoms with Crippen LogP contribution in [0.3, 0.4) is 0 Å². The third kappa shape index (κ3) is 5.49. The number of aromatic amines is 2. The van der Waals surface area contributed by atoms with Crippen LogP contribution in [0.1, 0.15) is 48.8 Å². The van der Waals surface area contributed by atoms with Crippen molar-refractivity contribution in [2.24, 2.45) is 0 Å². The minimum atomic E-state index is -0.405. The molecule has 0 spiro atoms. The second kappa shape index (κ2) is 11.3. The average Bonchev–Trinajstić information content (AvgIpc) is 3.70. The Labute approximate surface area is 216 Å². The maximum atomic E-state index is 12.6. The fraction of sp³-hybridized carbons (Fsp3) is 0.276. The fourth-order valence-electron chi connectivity index (χ4n) is 4.38. The van der Waals surface area contributed by atoms with E-state index in [0.29, 0.717) is 23.8 Å². The van der Waals surface area contributed by atoms with Crippen LogP contribution in [-0.2, 0) is 11.3 Å². The van der Waals surface area contributed by atoms with Gasteiger partial charge < -0.3 is 25.3 Å². The molecule has 1 aliphatic heterocycles. The molecule has 0 aliphatic carbocycles. The number of ether oxygens (including phenoxy) is 1. The zero-order valence-corrected chi connectivity index (χ0v) is 21.2. The molecule has 0 saturated carbocycles. The lowest BCUT2D eigenvalue weighted by Gasteiger charge is -2.06. The number of rotatable bonds is 10. The van der Waals surface area contributed by atoms with Gasteiger partial charge in [-0.25, -0.2) is 14.8 Å². The minimum Gasteiger partial charge on any atom is -0.461 e. The summed E-state index contributed by atoms with van der Waals surface area (Å²) in [6, 6.07) is 16.5. The van der Waals surface area contributed by atoms with Crippen molar-refractivity contribution in [3.8, 4) is 33.6 Å². The van der Waals surface area contributed by atoms with Crippen LogP contribution in [0.2, 0.25) is 0 Å². The van der Waals surface area contributed by atoms with E-state index in [1.165, 1.54) is 0 Å². The van der Waals surface area contributed by atoms with Crippen molar-refractivity contribution >= 4 is 11.7 Å². The Morgan fingerprint density at radius 1 is 0.973 bits per heavy atom. The van der Waals surface area contributed by atoms with E-state index < -0.39 is 5.97 Å². The first-order valence-electron chi connectivity index (χ1n) is 12.8. The summed E-state index contributed by atoms with van der Waals surface area (Å²) >= 11 is 0. The molecule has 1 aliphatic rings. The number of carbonyl (C=O) groups is 1. The van der Waals surface area contributed by atoms with E-state index in [-0.39, 0.29) is 0 Å². The van der Waals surface area contributed by atoms with Crippen molar-refractivity contribution < 1.29 is 9.53 Å². The fourth-order valence-corrected chi connectivity index (χ4v) is 4.38. The third-order valence-electron chi connectivity index (χ3n) is 6.28. The van der Waals surface area contributed by atoms with Gasteiger partial charge in [0.15, 0.2) is 11.5 Å². The third-order valence-corrected chi connectivity index (χ3v) is 6.28. The number of carbonyl (C=O) groups excluding carboxylic acids is 1. The Morgan fingerprint density at radius 2 is 1.68 bits per heavy atom. The monoisotopic (exact) mass is 496 g/mol. The van der Waals surface area contributed by atoms with Crippen molar-refractivity contribution in [3.05, 3.63) is 78.1 Å². The average molecular weight is 497 g/mol. The summed E-state index contributed by atoms with van der Waals surface area (Å²) < 4.78 is 5.27. The maximum Gasteiger partial charge on any atom is 0.357 e. The Hall–Kier alpha value is -4.17. The second-order valence-electron chi connectivity index (χ2n) is 8.94. The highest BCUT2D eigenvalue weighted by molar-refractivity contribution is 5.95. The van der Waals surface area contributed by atoms with E-state index in [0.717, 1.165) is 71.9 Å². The van der Waals surface area contributed by atoms with Gasteiger partial charge in [0.05, 0.1) is 30.7 Å². The zero-order chi connectivity index (χ0) is 25.6. The Balaban J connectivity index is 1.35.